The Morgan fingerprint density at radius 1 is 1.15 bits per heavy atom. The number of nitrogens with zero attached hydrogens (tertiary/aromatic N) is 1. The van der Waals surface area contributed by atoms with Crippen molar-refractivity contribution in [3.8, 4) is 0 Å². The predicted molar refractivity (Wildman–Crippen MR) is 123 cm³/mol. The number of unbranched alkanes of at least 4 members (excludes halogenated alkanes) is 1. The lowest BCUT2D eigenvalue weighted by Crippen LogP contribution is -2.56. The summed E-state index contributed by atoms with van der Waals surface area (Å²) < 4.78 is 0. The van der Waals surface area contributed by atoms with Crippen molar-refractivity contribution in [3.05, 3.63) is 35.9 Å². The number of aliphatic carboxylic acids is 1. The molecule has 0 aliphatic carbocycles. The van der Waals surface area contributed by atoms with Crippen LogP contribution in [0.2, 0.25) is 0 Å². The Morgan fingerprint density at radius 3 is 2.48 bits per heavy atom. The Labute approximate surface area is 194 Å². The molecule has 0 radical (unpaired) electrons. The fourth-order valence-corrected chi connectivity index (χ4v) is 3.88. The van der Waals surface area contributed by atoms with Gasteiger partial charge in [0, 0.05) is 6.54 Å². The lowest BCUT2D eigenvalue weighted by Gasteiger charge is -2.28. The molecule has 0 spiro atoms. The van der Waals surface area contributed by atoms with Gasteiger partial charge >= 0.3 is 5.97 Å². The average Bonchev–Trinajstić information content (AvgIpc) is 3.28. The number of amides is 3. The summed E-state index contributed by atoms with van der Waals surface area (Å²) in [7, 11) is 0. The van der Waals surface area contributed by atoms with Gasteiger partial charge in [-0.15, -0.1) is 0 Å². The smallest absolute Gasteiger partial charge is 0.325 e. The lowest BCUT2D eigenvalue weighted by atomic mass is 10.0. The first-order chi connectivity index (χ1) is 15.7. The van der Waals surface area contributed by atoms with E-state index < -0.39 is 42.0 Å². The molecule has 1 aromatic carbocycles. The number of benzene rings is 1. The van der Waals surface area contributed by atoms with Gasteiger partial charge in [0.2, 0.25) is 17.7 Å². The maximum Gasteiger partial charge on any atom is 0.325 e. The van der Waals surface area contributed by atoms with Crippen molar-refractivity contribution in [1.82, 2.24) is 15.5 Å². The van der Waals surface area contributed by atoms with Crippen molar-refractivity contribution in [2.75, 3.05) is 13.1 Å². The van der Waals surface area contributed by atoms with E-state index in [4.69, 9.17) is 16.6 Å². The first kappa shape index (κ1) is 26.3. The quantitative estimate of drug-likeness (QED) is 0.267. The third-order valence-electron chi connectivity index (χ3n) is 5.76. The number of carbonyl (C=O) groups is 4. The summed E-state index contributed by atoms with van der Waals surface area (Å²) in [4.78, 5) is 51.2. The second-order valence-electron chi connectivity index (χ2n) is 8.40. The van der Waals surface area contributed by atoms with Crippen molar-refractivity contribution in [2.24, 2.45) is 11.5 Å². The highest BCUT2D eigenvalue weighted by Crippen LogP contribution is 2.20. The number of rotatable bonds is 12. The Morgan fingerprint density at radius 2 is 1.85 bits per heavy atom. The maximum atomic E-state index is 13.0. The van der Waals surface area contributed by atoms with Gasteiger partial charge in [0.1, 0.15) is 18.1 Å². The molecule has 33 heavy (non-hydrogen) atoms. The first-order valence-corrected chi connectivity index (χ1v) is 11.4. The Bertz CT molecular complexity index is 819. The lowest BCUT2D eigenvalue weighted by molar-refractivity contribution is -0.142. The molecule has 2 rings (SSSR count). The Balaban J connectivity index is 2.04. The third-order valence-corrected chi connectivity index (χ3v) is 5.76. The van der Waals surface area contributed by atoms with Crippen LogP contribution in [-0.4, -0.2) is 71.0 Å². The van der Waals surface area contributed by atoms with E-state index >= 15 is 0 Å². The molecular weight excluding hydrogens is 426 g/mol. The molecule has 4 atom stereocenters. The van der Waals surface area contributed by atoms with Crippen LogP contribution in [0.4, 0.5) is 0 Å². The number of hydrogen-bond acceptors (Lipinski definition) is 6. The Kier molecular flexibility index (Phi) is 10.3. The second-order valence-corrected chi connectivity index (χ2v) is 8.40. The van der Waals surface area contributed by atoms with Gasteiger partial charge in [-0.2, -0.15) is 0 Å². The van der Waals surface area contributed by atoms with Crippen LogP contribution >= 0.6 is 0 Å². The summed E-state index contributed by atoms with van der Waals surface area (Å²) in [6.45, 7) is 2.21. The molecule has 3 amide bonds. The SMILES string of the molecule is CC(NC(=O)C(CCCCN)NC(=O)C1CCCN1C(=O)C(N)Cc1ccccc1)C(=O)O. The van der Waals surface area contributed by atoms with Gasteiger partial charge in [0.05, 0.1) is 6.04 Å². The van der Waals surface area contributed by atoms with E-state index in [1.165, 1.54) is 11.8 Å². The molecule has 1 aliphatic heterocycles. The van der Waals surface area contributed by atoms with Gasteiger partial charge in [0.25, 0.3) is 0 Å². The highest BCUT2D eigenvalue weighted by Gasteiger charge is 2.37. The first-order valence-electron chi connectivity index (χ1n) is 11.4. The minimum absolute atomic E-state index is 0.305. The summed E-state index contributed by atoms with van der Waals surface area (Å²) in [5, 5.41) is 14.2. The zero-order valence-electron chi connectivity index (χ0n) is 19.0. The molecule has 1 aliphatic rings. The fourth-order valence-electron chi connectivity index (χ4n) is 3.88. The molecule has 1 heterocycles. The summed E-state index contributed by atoms with van der Waals surface area (Å²) in [5.74, 6) is -2.49. The standard InChI is InChI=1S/C23H35N5O5/c1-15(23(32)33)26-20(29)18(10-5-6-12-24)27-21(30)19-11-7-13-28(19)22(31)17(25)14-16-8-3-2-4-9-16/h2-4,8-9,15,17-19H,5-7,10-14,24-25H2,1H3,(H,26,29)(H,27,30)(H,32,33). The summed E-state index contributed by atoms with van der Waals surface area (Å²) >= 11 is 0. The number of carboxylic acid groups (broad SMARTS) is 1. The van der Waals surface area contributed by atoms with Crippen LogP contribution in [0.5, 0.6) is 0 Å². The van der Waals surface area contributed by atoms with Crippen molar-refractivity contribution in [3.63, 3.8) is 0 Å². The van der Waals surface area contributed by atoms with Crippen molar-refractivity contribution in [1.29, 1.82) is 0 Å². The molecule has 10 nitrogen and oxygen atoms in total. The second kappa shape index (κ2) is 12.9. The van der Waals surface area contributed by atoms with Crippen molar-refractivity contribution in [2.45, 2.75) is 69.6 Å². The minimum atomic E-state index is -1.17. The van der Waals surface area contributed by atoms with Crippen LogP contribution in [0.1, 0.15) is 44.6 Å². The van der Waals surface area contributed by atoms with Crippen molar-refractivity contribution >= 4 is 23.7 Å². The minimum Gasteiger partial charge on any atom is -0.480 e. The van der Waals surface area contributed by atoms with E-state index in [1.54, 1.807) is 0 Å². The molecule has 10 heteroatoms. The summed E-state index contributed by atoms with van der Waals surface area (Å²) in [6.07, 6.45) is 3.05. The molecule has 182 valence electrons. The van der Waals surface area contributed by atoms with E-state index in [-0.39, 0.29) is 5.91 Å². The van der Waals surface area contributed by atoms with Gasteiger partial charge in [-0.3, -0.25) is 19.2 Å². The number of carboxylic acids is 1. The number of carbonyl (C=O) groups excluding carboxylic acids is 3. The zero-order valence-corrected chi connectivity index (χ0v) is 19.0. The van der Waals surface area contributed by atoms with Gasteiger partial charge in [0.15, 0.2) is 0 Å². The van der Waals surface area contributed by atoms with Gasteiger partial charge < -0.3 is 32.1 Å². The van der Waals surface area contributed by atoms with Gasteiger partial charge in [-0.25, -0.2) is 0 Å². The summed E-state index contributed by atoms with van der Waals surface area (Å²) in [6, 6.07) is 5.91. The monoisotopic (exact) mass is 461 g/mol. The van der Waals surface area contributed by atoms with Crippen LogP contribution < -0.4 is 22.1 Å². The highest BCUT2D eigenvalue weighted by molar-refractivity contribution is 5.94. The maximum absolute atomic E-state index is 13.0. The van der Waals surface area contributed by atoms with Crippen LogP contribution in [0.25, 0.3) is 0 Å². The van der Waals surface area contributed by atoms with E-state index in [0.717, 1.165) is 5.56 Å². The highest BCUT2D eigenvalue weighted by atomic mass is 16.4. The normalized spacial score (nSPS) is 18.3. The molecule has 1 saturated heterocycles. The van der Waals surface area contributed by atoms with Gasteiger partial charge in [-0.1, -0.05) is 30.3 Å². The number of hydrogen-bond donors (Lipinski definition) is 5. The zero-order chi connectivity index (χ0) is 24.4. The van der Waals surface area contributed by atoms with E-state index in [1.807, 2.05) is 30.3 Å². The topological polar surface area (TPSA) is 168 Å². The summed E-state index contributed by atoms with van der Waals surface area (Å²) in [5.41, 5.74) is 12.6. The fraction of sp³-hybridized carbons (Fsp3) is 0.565. The van der Waals surface area contributed by atoms with Crippen LogP contribution in [-0.2, 0) is 25.6 Å². The van der Waals surface area contributed by atoms with Crippen LogP contribution in [0, 0.1) is 0 Å². The molecule has 0 bridgehead atoms. The molecule has 0 saturated carbocycles. The van der Waals surface area contributed by atoms with E-state index in [2.05, 4.69) is 10.6 Å². The third kappa shape index (κ3) is 7.83. The molecule has 1 aromatic rings. The largest absolute Gasteiger partial charge is 0.480 e. The number of likely N-dealkylation sites (tertiary alicyclic amines) is 1. The van der Waals surface area contributed by atoms with Crippen LogP contribution in [0.15, 0.2) is 30.3 Å². The molecule has 1 fully saturated rings. The number of nitrogens with two attached hydrogens (primary N) is 2. The predicted octanol–water partition coefficient (Wildman–Crippen LogP) is -0.249. The Hall–Kier alpha value is -2.98. The molecule has 4 unspecified atom stereocenters. The average molecular weight is 462 g/mol. The molecular formula is C23H35N5O5. The van der Waals surface area contributed by atoms with E-state index in [9.17, 15) is 19.2 Å². The number of nitrogens with one attached hydrogen (secondary N) is 2. The van der Waals surface area contributed by atoms with E-state index in [0.29, 0.717) is 51.6 Å². The molecule has 7 N–H and O–H groups in total. The van der Waals surface area contributed by atoms with Crippen LogP contribution in [0.3, 0.4) is 0 Å². The van der Waals surface area contributed by atoms with Gasteiger partial charge in [-0.05, 0) is 57.6 Å². The van der Waals surface area contributed by atoms with Crippen molar-refractivity contribution < 1.29 is 24.3 Å². The molecule has 0 aromatic heterocycles.